The maximum Gasteiger partial charge on any atom is 0.303 e. The summed E-state index contributed by atoms with van der Waals surface area (Å²) < 4.78 is 18.0. The zero-order chi connectivity index (χ0) is 26.1. The van der Waals surface area contributed by atoms with Crippen molar-refractivity contribution in [3.63, 3.8) is 0 Å². The third-order valence-corrected chi connectivity index (χ3v) is 7.76. The van der Waals surface area contributed by atoms with Gasteiger partial charge < -0.3 is 29.4 Å². The van der Waals surface area contributed by atoms with E-state index in [1.165, 1.54) is 18.7 Å². The van der Waals surface area contributed by atoms with Crippen LogP contribution in [0.2, 0.25) is 0 Å². The van der Waals surface area contributed by atoms with Crippen LogP contribution in [-0.4, -0.2) is 70.1 Å². The molecule has 0 radical (unpaired) electrons. The van der Waals surface area contributed by atoms with E-state index in [1.54, 1.807) is 18.2 Å². The molecule has 1 aromatic rings. The Morgan fingerprint density at radius 1 is 1.24 bits per heavy atom. The summed E-state index contributed by atoms with van der Waals surface area (Å²) in [7, 11) is 2.01. The molecule has 1 atom stereocenters. The lowest BCUT2D eigenvalue weighted by Gasteiger charge is -2.33. The summed E-state index contributed by atoms with van der Waals surface area (Å²) in [5.74, 6) is 2.39. The van der Waals surface area contributed by atoms with Crippen LogP contribution >= 0.6 is 11.8 Å². The highest BCUT2D eigenvalue weighted by Gasteiger charge is 2.28. The standard InChI is InChI=1S/C24H29BN6O5S/c1-13(36-14(2)32)23(33)30-6-3-15(4-7-30)5-8-31-11-27-21(26)20-22(31)29-24(28-20)37-19-10-18-17(9-16(19)25)34-12-35-18/h9-11,13,15H,3-8,12,25-26H2,1-2H3/t13-/m0/s1. The maximum absolute atomic E-state index is 12.5. The molecule has 0 saturated carbocycles. The van der Waals surface area contributed by atoms with Crippen LogP contribution < -0.4 is 20.7 Å². The lowest BCUT2D eigenvalue weighted by atomic mass is 9.93. The van der Waals surface area contributed by atoms with Crippen LogP contribution in [0.25, 0.3) is 11.5 Å². The number of carbonyl (C=O) groups is 2. The number of nitrogen functional groups attached to an aromatic ring is 1. The Labute approximate surface area is 219 Å². The van der Waals surface area contributed by atoms with Crippen LogP contribution in [-0.2, 0) is 20.9 Å². The molecule has 11 nitrogen and oxygen atoms in total. The minimum atomic E-state index is -0.747. The minimum absolute atomic E-state index is 0.137. The molecule has 194 valence electrons. The summed E-state index contributed by atoms with van der Waals surface area (Å²) in [5, 5.41) is 0.596. The lowest BCUT2D eigenvalue weighted by Crippen LogP contribution is -2.44. The van der Waals surface area contributed by atoms with Gasteiger partial charge in [0.05, 0.1) is 6.33 Å². The SMILES string of the molecule is Bc1cc2c(cc1Sc1nc3c(N)ncn(CCC4CCN(C(=O)[C@H](C)OC(C)=O)CC4)c-3n1)OCO2. The second-order valence-electron chi connectivity index (χ2n) is 9.38. The number of amides is 1. The van der Waals surface area contributed by atoms with E-state index >= 15 is 0 Å². The average Bonchev–Trinajstić information content (AvgIpc) is 3.50. The first-order chi connectivity index (χ1) is 17.8. The van der Waals surface area contributed by atoms with Gasteiger partial charge in [-0.2, -0.15) is 0 Å². The number of carbonyl (C=O) groups excluding carboxylic acids is 2. The van der Waals surface area contributed by atoms with Crippen molar-refractivity contribution in [2.24, 2.45) is 5.92 Å². The van der Waals surface area contributed by atoms with E-state index in [2.05, 4.69) is 9.97 Å². The van der Waals surface area contributed by atoms with E-state index in [-0.39, 0.29) is 12.7 Å². The van der Waals surface area contributed by atoms with E-state index in [0.29, 0.717) is 47.2 Å². The van der Waals surface area contributed by atoms with E-state index in [0.717, 1.165) is 41.9 Å². The number of hydrogen-bond acceptors (Lipinski definition) is 10. The number of benzene rings is 1. The number of hydrogen-bond donors (Lipinski definition) is 1. The predicted octanol–water partition coefficient (Wildman–Crippen LogP) is 1.08. The number of aromatic nitrogens is 4. The maximum atomic E-state index is 12.5. The van der Waals surface area contributed by atoms with E-state index < -0.39 is 12.1 Å². The Kier molecular flexibility index (Phi) is 7.14. The highest BCUT2D eigenvalue weighted by atomic mass is 32.2. The van der Waals surface area contributed by atoms with E-state index in [4.69, 9.17) is 24.9 Å². The molecule has 2 N–H and O–H groups in total. The number of anilines is 1. The van der Waals surface area contributed by atoms with Gasteiger partial charge in [0.1, 0.15) is 7.85 Å². The van der Waals surface area contributed by atoms with Crippen molar-refractivity contribution in [3.8, 4) is 23.0 Å². The number of likely N-dealkylation sites (tertiary alicyclic amines) is 1. The van der Waals surface area contributed by atoms with Gasteiger partial charge in [0.15, 0.2) is 40.1 Å². The monoisotopic (exact) mass is 524 g/mol. The molecule has 1 fully saturated rings. The van der Waals surface area contributed by atoms with Crippen LogP contribution in [0.5, 0.6) is 11.5 Å². The van der Waals surface area contributed by atoms with Gasteiger partial charge in [-0.1, -0.05) is 17.2 Å². The van der Waals surface area contributed by atoms with Crippen LogP contribution in [0.4, 0.5) is 5.82 Å². The molecule has 0 aromatic heterocycles. The molecule has 1 saturated heterocycles. The van der Waals surface area contributed by atoms with Gasteiger partial charge in [-0.05, 0) is 44.2 Å². The van der Waals surface area contributed by atoms with Gasteiger partial charge in [0.25, 0.3) is 5.91 Å². The molecular formula is C24H29BN6O5S. The first-order valence-corrected chi connectivity index (χ1v) is 13.1. The number of imidazole rings is 1. The molecule has 4 heterocycles. The number of aryl methyl sites for hydroxylation is 1. The Hall–Kier alpha value is -3.48. The van der Waals surface area contributed by atoms with Crippen LogP contribution in [0.1, 0.15) is 33.1 Å². The molecule has 4 aliphatic heterocycles. The molecular weight excluding hydrogens is 495 g/mol. The van der Waals surface area contributed by atoms with Crippen molar-refractivity contribution in [2.45, 2.75) is 55.8 Å². The van der Waals surface area contributed by atoms with Crippen molar-refractivity contribution >= 4 is 42.8 Å². The van der Waals surface area contributed by atoms with E-state index in [1.807, 2.05) is 24.5 Å². The number of fused-ring (bicyclic) bond motifs is 2. The fourth-order valence-corrected chi connectivity index (χ4v) is 5.55. The summed E-state index contributed by atoms with van der Waals surface area (Å²) in [6.45, 7) is 5.19. The van der Waals surface area contributed by atoms with Crippen molar-refractivity contribution in [2.75, 3.05) is 25.6 Å². The quantitative estimate of drug-likeness (QED) is 0.353. The number of nitrogens with two attached hydrogens (primary N) is 1. The first-order valence-electron chi connectivity index (χ1n) is 12.3. The predicted molar refractivity (Wildman–Crippen MR) is 139 cm³/mol. The third kappa shape index (κ3) is 5.46. The number of esters is 1. The number of piperidine rings is 1. The molecule has 5 rings (SSSR count). The van der Waals surface area contributed by atoms with Gasteiger partial charge in [-0.3, -0.25) is 9.59 Å². The van der Waals surface area contributed by atoms with Crippen molar-refractivity contribution < 1.29 is 23.8 Å². The number of ether oxygens (including phenoxy) is 3. The molecule has 13 heteroatoms. The second-order valence-corrected chi connectivity index (χ2v) is 10.4. The molecule has 0 aliphatic carbocycles. The second kappa shape index (κ2) is 10.5. The fourth-order valence-electron chi connectivity index (χ4n) is 4.70. The van der Waals surface area contributed by atoms with Gasteiger partial charge >= 0.3 is 5.97 Å². The molecule has 37 heavy (non-hydrogen) atoms. The van der Waals surface area contributed by atoms with Crippen molar-refractivity contribution in [1.29, 1.82) is 0 Å². The Morgan fingerprint density at radius 3 is 2.70 bits per heavy atom. The molecule has 0 spiro atoms. The summed E-state index contributed by atoms with van der Waals surface area (Å²) in [6.07, 6.45) is 3.67. The fraction of sp³-hybridized carbons (Fsp3) is 0.458. The molecule has 4 aliphatic rings. The molecule has 1 amide bonds. The summed E-state index contributed by atoms with van der Waals surface area (Å²) in [4.78, 5) is 40.2. The molecule has 0 bridgehead atoms. The summed E-state index contributed by atoms with van der Waals surface area (Å²) in [5.41, 5.74) is 7.77. The molecule has 1 aromatic carbocycles. The molecule has 0 unspecified atom stereocenters. The highest BCUT2D eigenvalue weighted by molar-refractivity contribution is 7.99. The van der Waals surface area contributed by atoms with Crippen molar-refractivity contribution in [1.82, 2.24) is 24.4 Å². The summed E-state index contributed by atoms with van der Waals surface area (Å²) >= 11 is 1.46. The van der Waals surface area contributed by atoms with Crippen LogP contribution in [0.3, 0.4) is 0 Å². The Balaban J connectivity index is 1.22. The first kappa shape index (κ1) is 25.2. The van der Waals surface area contributed by atoms with E-state index in [9.17, 15) is 9.59 Å². The number of rotatable bonds is 7. The zero-order valence-corrected chi connectivity index (χ0v) is 21.9. The van der Waals surface area contributed by atoms with Gasteiger partial charge in [0, 0.05) is 31.5 Å². The highest BCUT2D eigenvalue weighted by Crippen LogP contribution is 2.37. The van der Waals surface area contributed by atoms with Gasteiger partial charge in [0.2, 0.25) is 6.79 Å². The smallest absolute Gasteiger partial charge is 0.303 e. The van der Waals surface area contributed by atoms with Crippen LogP contribution in [0, 0.1) is 5.92 Å². The lowest BCUT2D eigenvalue weighted by molar-refractivity contribution is -0.158. The summed E-state index contributed by atoms with van der Waals surface area (Å²) in [6, 6.07) is 3.91. The normalized spacial score (nSPS) is 16.2. The zero-order valence-electron chi connectivity index (χ0n) is 21.1. The van der Waals surface area contributed by atoms with Crippen molar-refractivity contribution in [3.05, 3.63) is 18.5 Å². The largest absolute Gasteiger partial charge is 0.454 e. The van der Waals surface area contributed by atoms with Gasteiger partial charge in [-0.25, -0.2) is 15.0 Å². The third-order valence-electron chi connectivity index (χ3n) is 6.74. The Morgan fingerprint density at radius 2 is 1.97 bits per heavy atom. The van der Waals surface area contributed by atoms with Crippen LogP contribution in [0.15, 0.2) is 28.5 Å². The van der Waals surface area contributed by atoms with Gasteiger partial charge in [-0.15, -0.1) is 0 Å². The minimum Gasteiger partial charge on any atom is -0.454 e. The average molecular weight is 524 g/mol. The Bertz CT molecular complexity index is 1290. The topological polar surface area (TPSA) is 135 Å². The number of nitrogens with zero attached hydrogens (tertiary/aromatic N) is 5.